The Morgan fingerprint density at radius 3 is 2.50 bits per heavy atom. The highest BCUT2D eigenvalue weighted by Crippen LogP contribution is 2.26. The first-order valence-electron chi connectivity index (χ1n) is 6.84. The molecular formula is C13H26N2O. The zero-order chi connectivity index (χ0) is 11.2. The highest BCUT2D eigenvalue weighted by atomic mass is 16.5. The second-order valence-electron chi connectivity index (χ2n) is 5.27. The normalized spacial score (nSPS) is 23.6. The number of rotatable bonds is 6. The highest BCUT2D eigenvalue weighted by Gasteiger charge is 2.27. The standard InChI is InChI=1S/C13H26N2O/c1-16-10-9-15(13-3-2-4-13)11-12-5-7-14-8-6-12/h12-14H,2-11H2,1H3. The fraction of sp³-hybridized carbons (Fsp3) is 1.00. The average molecular weight is 226 g/mol. The van der Waals surface area contributed by atoms with E-state index in [4.69, 9.17) is 4.74 Å². The van der Waals surface area contributed by atoms with Crippen molar-refractivity contribution in [2.45, 2.75) is 38.1 Å². The summed E-state index contributed by atoms with van der Waals surface area (Å²) in [5.74, 6) is 0.915. The third-order valence-corrected chi connectivity index (χ3v) is 4.13. The lowest BCUT2D eigenvalue weighted by molar-refractivity contribution is 0.0665. The number of nitrogens with one attached hydrogen (secondary N) is 1. The van der Waals surface area contributed by atoms with Gasteiger partial charge in [-0.2, -0.15) is 0 Å². The van der Waals surface area contributed by atoms with Gasteiger partial charge in [-0.15, -0.1) is 0 Å². The van der Waals surface area contributed by atoms with Gasteiger partial charge in [-0.05, 0) is 44.7 Å². The topological polar surface area (TPSA) is 24.5 Å². The van der Waals surface area contributed by atoms with Crippen LogP contribution in [0.15, 0.2) is 0 Å². The molecule has 1 saturated heterocycles. The van der Waals surface area contributed by atoms with Gasteiger partial charge in [0.1, 0.15) is 0 Å². The van der Waals surface area contributed by atoms with Crippen LogP contribution >= 0.6 is 0 Å². The molecular weight excluding hydrogens is 200 g/mol. The van der Waals surface area contributed by atoms with Gasteiger partial charge in [-0.3, -0.25) is 4.90 Å². The SMILES string of the molecule is COCCN(CC1CCNCC1)C1CCC1. The minimum atomic E-state index is 0.866. The van der Waals surface area contributed by atoms with Crippen LogP contribution in [0.2, 0.25) is 0 Å². The maximum Gasteiger partial charge on any atom is 0.0589 e. The van der Waals surface area contributed by atoms with Crippen LogP contribution in [0.3, 0.4) is 0 Å². The molecule has 1 heterocycles. The van der Waals surface area contributed by atoms with Crippen molar-refractivity contribution in [2.24, 2.45) is 5.92 Å². The molecule has 0 radical (unpaired) electrons. The van der Waals surface area contributed by atoms with Crippen LogP contribution in [-0.2, 0) is 4.74 Å². The van der Waals surface area contributed by atoms with E-state index in [0.29, 0.717) is 0 Å². The van der Waals surface area contributed by atoms with Crippen molar-refractivity contribution in [1.82, 2.24) is 10.2 Å². The van der Waals surface area contributed by atoms with Crippen molar-refractivity contribution in [3.63, 3.8) is 0 Å². The predicted molar refractivity (Wildman–Crippen MR) is 66.7 cm³/mol. The molecule has 1 N–H and O–H groups in total. The van der Waals surface area contributed by atoms with E-state index < -0.39 is 0 Å². The molecule has 0 aromatic carbocycles. The monoisotopic (exact) mass is 226 g/mol. The summed E-state index contributed by atoms with van der Waals surface area (Å²) in [7, 11) is 1.81. The number of methoxy groups -OCH3 is 1. The first-order chi connectivity index (χ1) is 7.90. The van der Waals surface area contributed by atoms with Gasteiger partial charge in [-0.1, -0.05) is 6.42 Å². The molecule has 2 rings (SSSR count). The summed E-state index contributed by atoms with van der Waals surface area (Å²) >= 11 is 0. The number of nitrogens with zero attached hydrogens (tertiary/aromatic N) is 1. The maximum absolute atomic E-state index is 5.23. The van der Waals surface area contributed by atoms with Crippen molar-refractivity contribution in [3.05, 3.63) is 0 Å². The van der Waals surface area contributed by atoms with Crippen LogP contribution < -0.4 is 5.32 Å². The number of ether oxygens (including phenoxy) is 1. The molecule has 1 saturated carbocycles. The van der Waals surface area contributed by atoms with Gasteiger partial charge < -0.3 is 10.1 Å². The van der Waals surface area contributed by atoms with E-state index in [0.717, 1.165) is 25.1 Å². The van der Waals surface area contributed by atoms with E-state index in [-0.39, 0.29) is 0 Å². The molecule has 0 spiro atoms. The number of hydrogen-bond acceptors (Lipinski definition) is 3. The summed E-state index contributed by atoms with van der Waals surface area (Å²) < 4.78 is 5.23. The summed E-state index contributed by atoms with van der Waals surface area (Å²) in [5.41, 5.74) is 0. The minimum Gasteiger partial charge on any atom is -0.383 e. The molecule has 2 fully saturated rings. The van der Waals surface area contributed by atoms with Crippen LogP contribution in [0, 0.1) is 5.92 Å². The molecule has 0 unspecified atom stereocenters. The zero-order valence-electron chi connectivity index (χ0n) is 10.6. The largest absolute Gasteiger partial charge is 0.383 e. The van der Waals surface area contributed by atoms with Crippen molar-refractivity contribution < 1.29 is 4.74 Å². The van der Waals surface area contributed by atoms with Crippen LogP contribution in [-0.4, -0.2) is 50.8 Å². The Bertz CT molecular complexity index is 188. The molecule has 3 nitrogen and oxygen atoms in total. The smallest absolute Gasteiger partial charge is 0.0589 e. The fourth-order valence-electron chi connectivity index (χ4n) is 2.78. The predicted octanol–water partition coefficient (Wildman–Crippen LogP) is 1.49. The van der Waals surface area contributed by atoms with Crippen LogP contribution in [0.1, 0.15) is 32.1 Å². The van der Waals surface area contributed by atoms with Crippen LogP contribution in [0.5, 0.6) is 0 Å². The Morgan fingerprint density at radius 1 is 1.19 bits per heavy atom. The molecule has 3 heteroatoms. The summed E-state index contributed by atoms with van der Waals surface area (Å²) in [6, 6.07) is 0.866. The van der Waals surface area contributed by atoms with E-state index in [1.54, 1.807) is 0 Å². The summed E-state index contributed by atoms with van der Waals surface area (Å²) in [4.78, 5) is 2.68. The quantitative estimate of drug-likeness (QED) is 0.742. The average Bonchev–Trinajstić information content (AvgIpc) is 2.25. The molecule has 1 aliphatic heterocycles. The molecule has 1 aliphatic carbocycles. The maximum atomic E-state index is 5.23. The Kier molecular flexibility index (Phi) is 5.07. The van der Waals surface area contributed by atoms with Gasteiger partial charge in [0.25, 0.3) is 0 Å². The van der Waals surface area contributed by atoms with Crippen molar-refractivity contribution in [1.29, 1.82) is 0 Å². The number of hydrogen-bond donors (Lipinski definition) is 1. The lowest BCUT2D eigenvalue weighted by Crippen LogP contribution is -2.46. The van der Waals surface area contributed by atoms with Gasteiger partial charge in [0, 0.05) is 26.2 Å². The first-order valence-corrected chi connectivity index (χ1v) is 6.84. The van der Waals surface area contributed by atoms with Gasteiger partial charge in [0.15, 0.2) is 0 Å². The van der Waals surface area contributed by atoms with Gasteiger partial charge in [-0.25, -0.2) is 0 Å². The lowest BCUT2D eigenvalue weighted by Gasteiger charge is -2.40. The van der Waals surface area contributed by atoms with Crippen molar-refractivity contribution in [2.75, 3.05) is 39.9 Å². The molecule has 94 valence electrons. The third-order valence-electron chi connectivity index (χ3n) is 4.13. The Hall–Kier alpha value is -0.120. The van der Waals surface area contributed by atoms with Gasteiger partial charge in [0.05, 0.1) is 6.61 Å². The van der Waals surface area contributed by atoms with Gasteiger partial charge in [0.2, 0.25) is 0 Å². The molecule has 0 bridgehead atoms. The zero-order valence-corrected chi connectivity index (χ0v) is 10.6. The lowest BCUT2D eigenvalue weighted by atomic mass is 9.89. The summed E-state index contributed by atoms with van der Waals surface area (Å²) in [5, 5.41) is 3.45. The van der Waals surface area contributed by atoms with E-state index in [1.807, 2.05) is 7.11 Å². The van der Waals surface area contributed by atoms with Gasteiger partial charge >= 0.3 is 0 Å². The number of piperidine rings is 1. The van der Waals surface area contributed by atoms with E-state index in [9.17, 15) is 0 Å². The molecule has 16 heavy (non-hydrogen) atoms. The van der Waals surface area contributed by atoms with Crippen molar-refractivity contribution in [3.8, 4) is 0 Å². The Labute approximate surface area is 99.5 Å². The first kappa shape index (κ1) is 12.3. The second kappa shape index (κ2) is 6.58. The van der Waals surface area contributed by atoms with E-state index >= 15 is 0 Å². The summed E-state index contributed by atoms with van der Waals surface area (Å²) in [6.45, 7) is 5.75. The third kappa shape index (κ3) is 3.44. The van der Waals surface area contributed by atoms with Crippen molar-refractivity contribution >= 4 is 0 Å². The summed E-state index contributed by atoms with van der Waals surface area (Å²) in [6.07, 6.45) is 6.97. The van der Waals surface area contributed by atoms with E-state index in [2.05, 4.69) is 10.2 Å². The van der Waals surface area contributed by atoms with Crippen LogP contribution in [0.25, 0.3) is 0 Å². The van der Waals surface area contributed by atoms with Crippen LogP contribution in [0.4, 0.5) is 0 Å². The molecule has 2 aliphatic rings. The fourth-order valence-corrected chi connectivity index (χ4v) is 2.78. The Morgan fingerprint density at radius 2 is 1.94 bits per heavy atom. The Balaban J connectivity index is 1.75. The minimum absolute atomic E-state index is 0.866. The highest BCUT2D eigenvalue weighted by molar-refractivity contribution is 4.82. The second-order valence-corrected chi connectivity index (χ2v) is 5.27. The molecule has 0 amide bonds. The molecule has 0 atom stereocenters. The molecule has 0 aromatic rings. The van der Waals surface area contributed by atoms with E-state index in [1.165, 1.54) is 51.7 Å². The molecule has 0 aromatic heterocycles.